The molecule has 0 amide bonds. The number of ether oxygens (including phenoxy) is 2. The van der Waals surface area contributed by atoms with E-state index in [0.29, 0.717) is 18.2 Å². The lowest BCUT2D eigenvalue weighted by molar-refractivity contribution is -0.0459. The van der Waals surface area contributed by atoms with E-state index in [4.69, 9.17) is 9.47 Å². The molecule has 19 heavy (non-hydrogen) atoms. The van der Waals surface area contributed by atoms with Gasteiger partial charge in [0.15, 0.2) is 0 Å². The van der Waals surface area contributed by atoms with Crippen molar-refractivity contribution in [2.45, 2.75) is 51.4 Å². The van der Waals surface area contributed by atoms with Gasteiger partial charge in [0.25, 0.3) is 0 Å². The molecule has 0 radical (unpaired) electrons. The summed E-state index contributed by atoms with van der Waals surface area (Å²) < 4.78 is 11.4. The van der Waals surface area contributed by atoms with Crippen LogP contribution >= 0.6 is 0 Å². The van der Waals surface area contributed by atoms with Gasteiger partial charge >= 0.3 is 0 Å². The summed E-state index contributed by atoms with van der Waals surface area (Å²) in [6.45, 7) is 11.2. The third-order valence-electron chi connectivity index (χ3n) is 4.71. The van der Waals surface area contributed by atoms with Crippen molar-refractivity contribution in [1.29, 1.82) is 0 Å². The van der Waals surface area contributed by atoms with Crippen LogP contribution in [0.2, 0.25) is 0 Å². The summed E-state index contributed by atoms with van der Waals surface area (Å²) in [5, 5.41) is 0. The van der Waals surface area contributed by atoms with E-state index in [2.05, 4.69) is 23.6 Å². The fraction of sp³-hybridized carbons (Fsp3) is 1.00. The van der Waals surface area contributed by atoms with Crippen LogP contribution in [-0.2, 0) is 9.47 Å². The second kappa shape index (κ2) is 7.58. The molecule has 2 saturated heterocycles. The molecule has 0 aromatic rings. The minimum absolute atomic E-state index is 0.420. The van der Waals surface area contributed by atoms with Crippen LogP contribution in [0, 0.1) is 0 Å². The zero-order chi connectivity index (χ0) is 13.7. The number of rotatable bonds is 5. The number of hydrogen-bond acceptors (Lipinski definition) is 4. The summed E-state index contributed by atoms with van der Waals surface area (Å²) in [7, 11) is 1.83. The van der Waals surface area contributed by atoms with Crippen molar-refractivity contribution in [3.8, 4) is 0 Å². The molecule has 2 atom stereocenters. The Labute approximate surface area is 118 Å². The monoisotopic (exact) mass is 270 g/mol. The highest BCUT2D eigenvalue weighted by Gasteiger charge is 2.26. The molecule has 4 nitrogen and oxygen atoms in total. The fourth-order valence-corrected chi connectivity index (χ4v) is 3.29. The van der Waals surface area contributed by atoms with Gasteiger partial charge in [-0.15, -0.1) is 0 Å². The van der Waals surface area contributed by atoms with Crippen LogP contribution in [0.15, 0.2) is 0 Å². The van der Waals surface area contributed by atoms with E-state index in [1.54, 1.807) is 0 Å². The molecule has 112 valence electrons. The molecule has 0 bridgehead atoms. The fourth-order valence-electron chi connectivity index (χ4n) is 3.29. The Morgan fingerprint density at radius 1 is 1.26 bits per heavy atom. The van der Waals surface area contributed by atoms with Gasteiger partial charge in [0.1, 0.15) is 0 Å². The van der Waals surface area contributed by atoms with Gasteiger partial charge in [-0.1, -0.05) is 6.92 Å². The maximum atomic E-state index is 5.92. The summed E-state index contributed by atoms with van der Waals surface area (Å²) in [5.74, 6) is 0. The second-order valence-electron chi connectivity index (χ2n) is 5.94. The largest absolute Gasteiger partial charge is 0.381 e. The molecule has 4 heteroatoms. The first-order chi connectivity index (χ1) is 9.22. The van der Waals surface area contributed by atoms with E-state index >= 15 is 0 Å². The van der Waals surface area contributed by atoms with E-state index in [1.807, 2.05) is 7.11 Å². The molecular weight excluding hydrogens is 240 g/mol. The van der Waals surface area contributed by atoms with Crippen molar-refractivity contribution >= 4 is 0 Å². The van der Waals surface area contributed by atoms with Gasteiger partial charge in [0.2, 0.25) is 0 Å². The summed E-state index contributed by atoms with van der Waals surface area (Å²) in [4.78, 5) is 5.10. The number of nitrogens with zero attached hydrogens (tertiary/aromatic N) is 2. The topological polar surface area (TPSA) is 24.9 Å². The molecule has 2 heterocycles. The van der Waals surface area contributed by atoms with E-state index in [9.17, 15) is 0 Å². The van der Waals surface area contributed by atoms with Gasteiger partial charge in [0.05, 0.1) is 18.8 Å². The molecule has 0 N–H and O–H groups in total. The molecule has 0 aliphatic carbocycles. The molecule has 2 fully saturated rings. The predicted molar refractivity (Wildman–Crippen MR) is 77.5 cm³/mol. The van der Waals surface area contributed by atoms with Crippen LogP contribution in [0.25, 0.3) is 0 Å². The number of likely N-dealkylation sites (tertiary alicyclic amines) is 1. The quantitative estimate of drug-likeness (QED) is 0.757. The number of morpholine rings is 1. The molecule has 2 aliphatic rings. The molecular formula is C15H30N2O2. The van der Waals surface area contributed by atoms with Gasteiger partial charge in [-0.2, -0.15) is 0 Å². The van der Waals surface area contributed by atoms with Crippen LogP contribution < -0.4 is 0 Å². The van der Waals surface area contributed by atoms with Crippen LogP contribution in [0.4, 0.5) is 0 Å². The maximum Gasteiger partial charge on any atom is 0.0717 e. The van der Waals surface area contributed by atoms with Gasteiger partial charge in [-0.25, -0.2) is 0 Å². The Morgan fingerprint density at radius 3 is 2.63 bits per heavy atom. The highest BCUT2D eigenvalue weighted by molar-refractivity contribution is 4.80. The van der Waals surface area contributed by atoms with Crippen LogP contribution in [-0.4, -0.2) is 74.5 Å². The third-order valence-corrected chi connectivity index (χ3v) is 4.71. The summed E-state index contributed by atoms with van der Waals surface area (Å²) in [6, 6.07) is 0.625. The minimum Gasteiger partial charge on any atom is -0.381 e. The highest BCUT2D eigenvalue weighted by Crippen LogP contribution is 2.19. The first-order valence-electron chi connectivity index (χ1n) is 7.83. The third kappa shape index (κ3) is 4.42. The SMILES string of the molecule is CCN1CCOC(CC(C)N2CCC(OC)CC2)C1. The molecule has 0 aromatic carbocycles. The highest BCUT2D eigenvalue weighted by atomic mass is 16.5. The van der Waals surface area contributed by atoms with Crippen molar-refractivity contribution in [3.05, 3.63) is 0 Å². The zero-order valence-electron chi connectivity index (χ0n) is 12.8. The predicted octanol–water partition coefficient (Wildman–Crippen LogP) is 1.60. The Hall–Kier alpha value is -0.160. The number of piperidine rings is 1. The smallest absolute Gasteiger partial charge is 0.0717 e. The molecule has 2 unspecified atom stereocenters. The Kier molecular flexibility index (Phi) is 6.07. The number of hydrogen-bond donors (Lipinski definition) is 0. The standard InChI is InChI=1S/C15H30N2O2/c1-4-16-9-10-19-15(12-16)11-13(2)17-7-5-14(18-3)6-8-17/h13-15H,4-12H2,1-3H3. The van der Waals surface area contributed by atoms with E-state index in [-0.39, 0.29) is 0 Å². The first-order valence-corrected chi connectivity index (χ1v) is 7.83. The molecule has 2 aliphatic heterocycles. The van der Waals surface area contributed by atoms with Crippen molar-refractivity contribution in [2.75, 3.05) is 46.4 Å². The van der Waals surface area contributed by atoms with E-state index in [0.717, 1.165) is 32.7 Å². The van der Waals surface area contributed by atoms with Crippen molar-refractivity contribution < 1.29 is 9.47 Å². The molecule has 2 rings (SSSR count). The number of likely N-dealkylation sites (N-methyl/N-ethyl adjacent to an activating group) is 1. The second-order valence-corrected chi connectivity index (χ2v) is 5.94. The van der Waals surface area contributed by atoms with Crippen LogP contribution in [0.5, 0.6) is 0 Å². The Bertz CT molecular complexity index is 255. The normalized spacial score (nSPS) is 29.5. The van der Waals surface area contributed by atoms with E-state index < -0.39 is 0 Å². The lowest BCUT2D eigenvalue weighted by Crippen LogP contribution is -2.47. The van der Waals surface area contributed by atoms with Crippen molar-refractivity contribution in [3.63, 3.8) is 0 Å². The zero-order valence-corrected chi connectivity index (χ0v) is 12.8. The van der Waals surface area contributed by atoms with Gasteiger partial charge in [-0.05, 0) is 32.7 Å². The summed E-state index contributed by atoms with van der Waals surface area (Å²) in [6.07, 6.45) is 4.41. The van der Waals surface area contributed by atoms with Gasteiger partial charge in [-0.3, -0.25) is 4.90 Å². The first kappa shape index (κ1) is 15.2. The lowest BCUT2D eigenvalue weighted by atomic mass is 10.0. The van der Waals surface area contributed by atoms with Crippen LogP contribution in [0.3, 0.4) is 0 Å². The average Bonchev–Trinajstić information content (AvgIpc) is 2.47. The number of methoxy groups -OCH3 is 1. The average molecular weight is 270 g/mol. The van der Waals surface area contributed by atoms with Gasteiger partial charge < -0.3 is 14.4 Å². The van der Waals surface area contributed by atoms with Crippen molar-refractivity contribution in [2.24, 2.45) is 0 Å². The minimum atomic E-state index is 0.420. The van der Waals surface area contributed by atoms with Crippen LogP contribution in [0.1, 0.15) is 33.1 Å². The molecule has 0 aromatic heterocycles. The van der Waals surface area contributed by atoms with Crippen molar-refractivity contribution in [1.82, 2.24) is 9.80 Å². The Balaban J connectivity index is 1.73. The summed E-state index contributed by atoms with van der Waals surface area (Å²) >= 11 is 0. The van der Waals surface area contributed by atoms with E-state index in [1.165, 1.54) is 25.9 Å². The molecule has 0 spiro atoms. The summed E-state index contributed by atoms with van der Waals surface area (Å²) in [5.41, 5.74) is 0. The molecule has 0 saturated carbocycles. The lowest BCUT2D eigenvalue weighted by Gasteiger charge is -2.39. The maximum absolute atomic E-state index is 5.92. The Morgan fingerprint density at radius 2 is 2.00 bits per heavy atom. The van der Waals surface area contributed by atoms with Gasteiger partial charge in [0, 0.05) is 39.3 Å².